The summed E-state index contributed by atoms with van der Waals surface area (Å²) in [6, 6.07) is 4.45. The fraction of sp³-hybridized carbons (Fsp3) is 0.583. The summed E-state index contributed by atoms with van der Waals surface area (Å²) in [4.78, 5) is 49.9. The average Bonchev–Trinajstić information content (AvgIpc) is 2.83. The number of nitrogens with two attached hydrogens (primary N) is 1. The van der Waals surface area contributed by atoms with Gasteiger partial charge in [0.15, 0.2) is 0 Å². The van der Waals surface area contributed by atoms with Gasteiger partial charge in [-0.1, -0.05) is 70.9 Å². The van der Waals surface area contributed by atoms with Crippen molar-refractivity contribution >= 4 is 23.7 Å². The van der Waals surface area contributed by atoms with Crippen LogP contribution in [0.2, 0.25) is 0 Å². The van der Waals surface area contributed by atoms with E-state index in [0.717, 1.165) is 5.56 Å². The zero-order valence-corrected chi connectivity index (χ0v) is 20.3. The lowest BCUT2D eigenvalue weighted by Crippen LogP contribution is -2.60. The van der Waals surface area contributed by atoms with Crippen LogP contribution in [0.15, 0.2) is 30.3 Å². The highest BCUT2D eigenvalue weighted by Gasteiger charge is 2.33. The van der Waals surface area contributed by atoms with Gasteiger partial charge in [0.05, 0.1) is 12.6 Å². The highest BCUT2D eigenvalue weighted by Crippen LogP contribution is 2.11. The highest BCUT2D eigenvalue weighted by atomic mass is 16.4. The van der Waals surface area contributed by atoms with Crippen LogP contribution in [0.4, 0.5) is 0 Å². The number of aliphatic carboxylic acids is 1. The number of hydrogen-bond donors (Lipinski definition) is 6. The molecule has 0 aromatic heterocycles. The van der Waals surface area contributed by atoms with Gasteiger partial charge in [-0.25, -0.2) is 4.79 Å². The topological polar surface area (TPSA) is 171 Å². The lowest BCUT2D eigenvalue weighted by molar-refractivity contribution is -0.142. The summed E-state index contributed by atoms with van der Waals surface area (Å²) in [5.41, 5.74) is 6.63. The van der Waals surface area contributed by atoms with Crippen molar-refractivity contribution < 1.29 is 29.4 Å². The van der Waals surface area contributed by atoms with Crippen molar-refractivity contribution in [3.8, 4) is 0 Å². The number of carbonyl (C=O) groups is 4. The van der Waals surface area contributed by atoms with Crippen LogP contribution in [0.3, 0.4) is 0 Å². The van der Waals surface area contributed by atoms with Crippen LogP contribution in [0, 0.1) is 11.8 Å². The van der Waals surface area contributed by atoms with E-state index >= 15 is 0 Å². The first-order valence-electron chi connectivity index (χ1n) is 11.6. The summed E-state index contributed by atoms with van der Waals surface area (Å²) in [6.45, 7) is 6.56. The zero-order chi connectivity index (χ0) is 25.8. The molecule has 1 aromatic carbocycles. The van der Waals surface area contributed by atoms with Gasteiger partial charge in [0.2, 0.25) is 17.7 Å². The lowest BCUT2D eigenvalue weighted by atomic mass is 9.96. The number of carbonyl (C=O) groups excluding carboxylic acids is 3. The van der Waals surface area contributed by atoms with Gasteiger partial charge in [-0.3, -0.25) is 14.4 Å². The Kier molecular flexibility index (Phi) is 12.2. The Bertz CT molecular complexity index is 819. The predicted molar refractivity (Wildman–Crippen MR) is 128 cm³/mol. The first-order chi connectivity index (χ1) is 16.0. The van der Waals surface area contributed by atoms with Crippen LogP contribution >= 0.6 is 0 Å². The molecular weight excluding hydrogens is 440 g/mol. The third kappa shape index (κ3) is 8.75. The first kappa shape index (κ1) is 29.1. The van der Waals surface area contributed by atoms with E-state index in [0.29, 0.717) is 12.8 Å². The number of hydrogen-bond acceptors (Lipinski definition) is 6. The summed E-state index contributed by atoms with van der Waals surface area (Å²) < 4.78 is 0. The minimum Gasteiger partial charge on any atom is -0.480 e. The molecule has 3 amide bonds. The van der Waals surface area contributed by atoms with E-state index in [1.807, 2.05) is 13.8 Å². The number of carboxylic acid groups (broad SMARTS) is 1. The first-order valence-corrected chi connectivity index (χ1v) is 11.6. The van der Waals surface area contributed by atoms with Gasteiger partial charge in [0, 0.05) is 6.42 Å². The van der Waals surface area contributed by atoms with E-state index in [9.17, 15) is 29.4 Å². The Labute approximate surface area is 200 Å². The van der Waals surface area contributed by atoms with Gasteiger partial charge in [-0.2, -0.15) is 0 Å². The number of benzene rings is 1. The SMILES string of the molecule is CCC(C)C(N)C(=O)NC(CO)C(=O)NC(C(=O)NC(Cc1ccccc1)C(=O)O)C(C)CC. The molecule has 0 radical (unpaired) electrons. The molecule has 0 saturated heterocycles. The molecule has 6 atom stereocenters. The highest BCUT2D eigenvalue weighted by molar-refractivity contribution is 5.94. The Hall–Kier alpha value is -2.98. The van der Waals surface area contributed by atoms with Gasteiger partial charge in [-0.15, -0.1) is 0 Å². The molecule has 34 heavy (non-hydrogen) atoms. The third-order valence-electron chi connectivity index (χ3n) is 6.07. The second-order valence-electron chi connectivity index (χ2n) is 8.62. The van der Waals surface area contributed by atoms with Gasteiger partial charge in [0.25, 0.3) is 0 Å². The maximum atomic E-state index is 13.0. The maximum absolute atomic E-state index is 13.0. The second-order valence-corrected chi connectivity index (χ2v) is 8.62. The van der Waals surface area contributed by atoms with Gasteiger partial charge in [-0.05, 0) is 17.4 Å². The Morgan fingerprint density at radius 1 is 0.853 bits per heavy atom. The molecule has 0 heterocycles. The van der Waals surface area contributed by atoms with Gasteiger partial charge in [0.1, 0.15) is 18.1 Å². The van der Waals surface area contributed by atoms with E-state index in [-0.39, 0.29) is 18.3 Å². The average molecular weight is 479 g/mol. The van der Waals surface area contributed by atoms with E-state index in [4.69, 9.17) is 5.73 Å². The molecule has 10 heteroatoms. The summed E-state index contributed by atoms with van der Waals surface area (Å²) >= 11 is 0. The van der Waals surface area contributed by atoms with E-state index < -0.39 is 54.5 Å². The van der Waals surface area contributed by atoms with E-state index in [1.165, 1.54) is 0 Å². The monoisotopic (exact) mass is 478 g/mol. The van der Waals surface area contributed by atoms with Crippen LogP contribution < -0.4 is 21.7 Å². The fourth-order valence-electron chi connectivity index (χ4n) is 3.24. The molecule has 0 bridgehead atoms. The Morgan fingerprint density at radius 2 is 1.41 bits per heavy atom. The van der Waals surface area contributed by atoms with Gasteiger partial charge >= 0.3 is 5.97 Å². The Balaban J connectivity index is 2.93. The van der Waals surface area contributed by atoms with Crippen molar-refractivity contribution in [1.82, 2.24) is 16.0 Å². The molecule has 0 spiro atoms. The molecule has 7 N–H and O–H groups in total. The zero-order valence-electron chi connectivity index (χ0n) is 20.3. The van der Waals surface area contributed by atoms with Crippen LogP contribution in [0.5, 0.6) is 0 Å². The normalized spacial score (nSPS) is 16.3. The molecule has 1 rings (SSSR count). The Morgan fingerprint density at radius 3 is 1.91 bits per heavy atom. The number of carboxylic acids is 1. The predicted octanol–water partition coefficient (Wildman–Crippen LogP) is 0.180. The standard InChI is InChI=1S/C24H38N4O6/c1-5-14(3)19(25)22(31)27-18(13-29)21(30)28-20(15(4)6-2)23(32)26-17(24(33)34)12-16-10-8-7-9-11-16/h7-11,14-15,17-20,29H,5-6,12-13,25H2,1-4H3,(H,26,32)(H,27,31)(H,28,30)(H,33,34). The minimum atomic E-state index is -1.30. The quantitative estimate of drug-likeness (QED) is 0.221. The molecule has 1 aromatic rings. The van der Waals surface area contributed by atoms with Crippen molar-refractivity contribution in [3.63, 3.8) is 0 Å². The molecule has 0 aliphatic heterocycles. The van der Waals surface area contributed by atoms with Crippen LogP contribution in [0.1, 0.15) is 46.1 Å². The van der Waals surface area contributed by atoms with Crippen molar-refractivity contribution in [2.45, 2.75) is 71.1 Å². The molecule has 0 aliphatic rings. The van der Waals surface area contributed by atoms with E-state index in [1.54, 1.807) is 44.2 Å². The van der Waals surface area contributed by atoms with Crippen molar-refractivity contribution in [2.75, 3.05) is 6.61 Å². The molecule has 6 unspecified atom stereocenters. The number of nitrogens with one attached hydrogen (secondary N) is 3. The third-order valence-corrected chi connectivity index (χ3v) is 6.07. The number of amides is 3. The van der Waals surface area contributed by atoms with E-state index in [2.05, 4.69) is 16.0 Å². The largest absolute Gasteiger partial charge is 0.480 e. The molecule has 0 saturated carbocycles. The molecule has 0 aliphatic carbocycles. The molecule has 0 fully saturated rings. The number of aliphatic hydroxyl groups is 1. The number of rotatable bonds is 14. The summed E-state index contributed by atoms with van der Waals surface area (Å²) in [7, 11) is 0. The molecular formula is C24H38N4O6. The van der Waals surface area contributed by atoms with Crippen molar-refractivity contribution in [2.24, 2.45) is 17.6 Å². The van der Waals surface area contributed by atoms with Crippen LogP contribution in [-0.2, 0) is 25.6 Å². The van der Waals surface area contributed by atoms with Crippen molar-refractivity contribution in [1.29, 1.82) is 0 Å². The summed E-state index contributed by atoms with van der Waals surface area (Å²) in [5, 5.41) is 26.7. The van der Waals surface area contributed by atoms with Gasteiger partial charge < -0.3 is 31.9 Å². The smallest absolute Gasteiger partial charge is 0.326 e. The maximum Gasteiger partial charge on any atom is 0.326 e. The summed E-state index contributed by atoms with van der Waals surface area (Å²) in [5.74, 6) is -3.67. The molecule has 10 nitrogen and oxygen atoms in total. The lowest BCUT2D eigenvalue weighted by Gasteiger charge is -2.28. The minimum absolute atomic E-state index is 0.0753. The summed E-state index contributed by atoms with van der Waals surface area (Å²) in [6.07, 6.45) is 1.25. The van der Waals surface area contributed by atoms with Crippen LogP contribution in [-0.4, -0.2) is 64.7 Å². The number of aliphatic hydroxyl groups excluding tert-OH is 1. The second kappa shape index (κ2) is 14.3. The van der Waals surface area contributed by atoms with Crippen molar-refractivity contribution in [3.05, 3.63) is 35.9 Å². The molecule has 190 valence electrons. The van der Waals surface area contributed by atoms with Crippen LogP contribution in [0.25, 0.3) is 0 Å². The fourth-order valence-corrected chi connectivity index (χ4v) is 3.24.